The lowest BCUT2D eigenvalue weighted by Crippen LogP contribution is -2.65. The first-order valence-electron chi connectivity index (χ1n) is 14.3. The van der Waals surface area contributed by atoms with Crippen molar-refractivity contribution < 1.29 is 33.2 Å². The van der Waals surface area contributed by atoms with Gasteiger partial charge in [-0.15, -0.1) is 5.10 Å². The number of nitrogens with zero attached hydrogens (tertiary/aromatic N) is 3. The number of hydrogen-bond acceptors (Lipinski definition) is 9. The third-order valence-corrected chi connectivity index (χ3v) is 9.07. The first-order chi connectivity index (χ1) is 19.6. The maximum Gasteiger partial charge on any atom is 0.482 e. The van der Waals surface area contributed by atoms with Gasteiger partial charge < -0.3 is 29.8 Å². The largest absolute Gasteiger partial charge is 0.496 e. The SMILES string of the molecule is COc1c(CC(NC(=O)Cn2cnc(C(N)=O)n2)B2O[C@@H]3C[C@@H]4C[C@@H](C4(C)C)[C@]3(C)O2)cccc1C(=O)OC(C)(C)C. The molecule has 5 atom stereocenters. The van der Waals surface area contributed by atoms with E-state index in [4.69, 9.17) is 24.5 Å². The molecule has 2 bridgehead atoms. The lowest BCUT2D eigenvalue weighted by molar-refractivity contribution is -0.199. The van der Waals surface area contributed by atoms with Gasteiger partial charge in [0.25, 0.3) is 5.91 Å². The molecule has 3 aliphatic carbocycles. The summed E-state index contributed by atoms with van der Waals surface area (Å²) in [5.41, 5.74) is 5.19. The number of methoxy groups -OCH3 is 1. The summed E-state index contributed by atoms with van der Waals surface area (Å²) in [4.78, 5) is 41.5. The molecule has 226 valence electrons. The zero-order valence-corrected chi connectivity index (χ0v) is 25.3. The molecule has 13 heteroatoms. The molecule has 3 saturated carbocycles. The Morgan fingerprint density at radius 3 is 2.60 bits per heavy atom. The van der Waals surface area contributed by atoms with Gasteiger partial charge >= 0.3 is 13.1 Å². The second-order valence-corrected chi connectivity index (χ2v) is 13.3. The van der Waals surface area contributed by atoms with Gasteiger partial charge in [0.15, 0.2) is 0 Å². The smallest absolute Gasteiger partial charge is 0.482 e. The average molecular weight is 581 g/mol. The summed E-state index contributed by atoms with van der Waals surface area (Å²) in [6.07, 6.45) is 3.41. The maximum atomic E-state index is 13.3. The summed E-state index contributed by atoms with van der Waals surface area (Å²) >= 11 is 0. The summed E-state index contributed by atoms with van der Waals surface area (Å²) in [6, 6.07) is 5.25. The molecule has 1 aromatic carbocycles. The summed E-state index contributed by atoms with van der Waals surface area (Å²) in [7, 11) is 0.750. The first kappa shape index (κ1) is 30.0. The van der Waals surface area contributed by atoms with E-state index >= 15 is 0 Å². The highest BCUT2D eigenvalue weighted by Gasteiger charge is 2.68. The zero-order valence-electron chi connectivity index (χ0n) is 25.3. The van der Waals surface area contributed by atoms with Gasteiger partial charge in [0.05, 0.1) is 24.8 Å². The van der Waals surface area contributed by atoms with Gasteiger partial charge in [-0.2, -0.15) is 0 Å². The minimum absolute atomic E-state index is 0.0953. The van der Waals surface area contributed by atoms with E-state index < -0.39 is 36.1 Å². The number of carbonyl (C=O) groups is 3. The fourth-order valence-corrected chi connectivity index (χ4v) is 6.89. The first-order valence-corrected chi connectivity index (χ1v) is 14.3. The lowest BCUT2D eigenvalue weighted by atomic mass is 9.43. The fraction of sp³-hybridized carbons (Fsp3) is 0.621. The molecule has 1 unspecified atom stereocenters. The number of hydrogen-bond donors (Lipinski definition) is 2. The van der Waals surface area contributed by atoms with Crippen LogP contribution in [0.2, 0.25) is 0 Å². The van der Waals surface area contributed by atoms with Crippen molar-refractivity contribution in [2.45, 2.75) is 90.6 Å². The van der Waals surface area contributed by atoms with Crippen LogP contribution in [0.4, 0.5) is 0 Å². The molecule has 2 heterocycles. The van der Waals surface area contributed by atoms with Crippen LogP contribution in [0.25, 0.3) is 0 Å². The second kappa shape index (κ2) is 10.7. The quantitative estimate of drug-likeness (QED) is 0.335. The summed E-state index contributed by atoms with van der Waals surface area (Å²) < 4.78 is 25.8. The Bertz CT molecular complexity index is 1390. The summed E-state index contributed by atoms with van der Waals surface area (Å²) in [5, 5.41) is 7.01. The van der Waals surface area contributed by atoms with E-state index in [-0.39, 0.29) is 41.8 Å². The number of aromatic nitrogens is 3. The van der Waals surface area contributed by atoms with Crippen molar-refractivity contribution >= 4 is 24.9 Å². The number of benzene rings is 1. The van der Waals surface area contributed by atoms with Gasteiger partial charge in [0.2, 0.25) is 11.7 Å². The van der Waals surface area contributed by atoms with E-state index in [9.17, 15) is 14.4 Å². The third-order valence-electron chi connectivity index (χ3n) is 9.07. The zero-order chi connectivity index (χ0) is 30.6. The molecule has 6 rings (SSSR count). The predicted octanol–water partition coefficient (Wildman–Crippen LogP) is 2.34. The number of rotatable bonds is 9. The van der Waals surface area contributed by atoms with Gasteiger partial charge in [0, 0.05) is 0 Å². The topological polar surface area (TPSA) is 157 Å². The van der Waals surface area contributed by atoms with Crippen LogP contribution >= 0.6 is 0 Å². The van der Waals surface area contributed by atoms with Gasteiger partial charge in [0.1, 0.15) is 29.8 Å². The molecule has 1 saturated heterocycles. The van der Waals surface area contributed by atoms with Crippen LogP contribution in [-0.4, -0.2) is 70.0 Å². The highest BCUT2D eigenvalue weighted by molar-refractivity contribution is 6.48. The number of carbonyl (C=O) groups excluding carboxylic acids is 3. The van der Waals surface area contributed by atoms with Crippen LogP contribution in [0.5, 0.6) is 5.75 Å². The molecule has 3 N–H and O–H groups in total. The minimum atomic E-state index is -0.783. The van der Waals surface area contributed by atoms with E-state index in [1.807, 2.05) is 6.07 Å². The molecule has 42 heavy (non-hydrogen) atoms. The van der Waals surface area contributed by atoms with Crippen LogP contribution in [0.1, 0.15) is 80.9 Å². The van der Waals surface area contributed by atoms with E-state index in [1.165, 1.54) is 18.1 Å². The number of para-hydroxylation sites is 1. The molecule has 1 aliphatic heterocycles. The highest BCUT2D eigenvalue weighted by atomic mass is 16.7. The number of ether oxygens (including phenoxy) is 2. The predicted molar refractivity (Wildman–Crippen MR) is 152 cm³/mol. The summed E-state index contributed by atoms with van der Waals surface area (Å²) in [5.74, 6) is -1.23. The van der Waals surface area contributed by atoms with Crippen LogP contribution in [0.15, 0.2) is 24.5 Å². The van der Waals surface area contributed by atoms with Crippen LogP contribution in [0, 0.1) is 17.3 Å². The molecule has 0 radical (unpaired) electrons. The Morgan fingerprint density at radius 1 is 1.24 bits per heavy atom. The monoisotopic (exact) mass is 581 g/mol. The highest BCUT2D eigenvalue weighted by Crippen LogP contribution is 2.65. The number of amides is 2. The number of esters is 1. The molecular weight excluding hydrogens is 541 g/mol. The maximum absolute atomic E-state index is 13.3. The van der Waals surface area contributed by atoms with Gasteiger partial charge in [-0.25, -0.2) is 14.5 Å². The van der Waals surface area contributed by atoms with Crippen molar-refractivity contribution in [1.82, 2.24) is 20.1 Å². The molecule has 12 nitrogen and oxygen atoms in total. The Balaban J connectivity index is 1.42. The average Bonchev–Trinajstić information content (AvgIpc) is 3.50. The number of nitrogens with two attached hydrogens (primary N) is 1. The molecule has 0 spiro atoms. The van der Waals surface area contributed by atoms with E-state index in [0.717, 1.165) is 12.8 Å². The van der Waals surface area contributed by atoms with Gasteiger partial charge in [-0.05, 0) is 75.8 Å². The molecule has 4 fully saturated rings. The standard InChI is InChI=1S/C29H40BN5O7/c1-27(2,3)40-26(38)18-10-8-9-16(23(18)39-7)11-21(33-22(36)14-35-15-32-25(34-35)24(31)37)30-41-20-13-17-12-19(28(17,4)5)29(20,6)42-30/h8-10,15,17,19-21H,11-14H2,1-7H3,(H2,31,37)(H,33,36)/t17-,19-,20+,21?,29-/m0/s1. The van der Waals surface area contributed by atoms with Gasteiger partial charge in [-0.3, -0.25) is 9.59 Å². The van der Waals surface area contributed by atoms with Crippen molar-refractivity contribution in [1.29, 1.82) is 0 Å². The lowest BCUT2D eigenvalue weighted by Gasteiger charge is -2.64. The Hall–Kier alpha value is -3.45. The normalized spacial score (nSPS) is 26.5. The van der Waals surface area contributed by atoms with Gasteiger partial charge in [-0.1, -0.05) is 26.0 Å². The second-order valence-electron chi connectivity index (χ2n) is 13.3. The molecule has 4 aliphatic rings. The van der Waals surface area contributed by atoms with Crippen molar-refractivity contribution in [3.05, 3.63) is 41.5 Å². The van der Waals surface area contributed by atoms with Crippen molar-refractivity contribution in [3.8, 4) is 5.75 Å². The van der Waals surface area contributed by atoms with Crippen molar-refractivity contribution in [2.75, 3.05) is 7.11 Å². The summed E-state index contributed by atoms with van der Waals surface area (Å²) in [6.45, 7) is 11.9. The number of nitrogens with one attached hydrogen (secondary N) is 1. The van der Waals surface area contributed by atoms with E-state index in [1.54, 1.807) is 32.9 Å². The Kier molecular flexibility index (Phi) is 7.63. The molecule has 1 aromatic heterocycles. The third kappa shape index (κ3) is 5.51. The molecule has 2 amide bonds. The fourth-order valence-electron chi connectivity index (χ4n) is 6.89. The minimum Gasteiger partial charge on any atom is -0.496 e. The molecule has 2 aromatic rings. The van der Waals surface area contributed by atoms with E-state index in [2.05, 4.69) is 36.2 Å². The van der Waals surface area contributed by atoms with Crippen molar-refractivity contribution in [2.24, 2.45) is 23.0 Å². The van der Waals surface area contributed by atoms with E-state index in [0.29, 0.717) is 23.1 Å². The van der Waals surface area contributed by atoms with Crippen LogP contribution in [-0.2, 0) is 31.8 Å². The van der Waals surface area contributed by atoms with Crippen LogP contribution in [0.3, 0.4) is 0 Å². The number of primary amides is 1. The van der Waals surface area contributed by atoms with Crippen LogP contribution < -0.4 is 15.8 Å². The Morgan fingerprint density at radius 2 is 1.98 bits per heavy atom. The van der Waals surface area contributed by atoms with Crippen molar-refractivity contribution in [3.63, 3.8) is 0 Å². The molecular formula is C29H40BN5O7. The Labute approximate surface area is 246 Å².